The summed E-state index contributed by atoms with van der Waals surface area (Å²) in [7, 11) is 1.69. The lowest BCUT2D eigenvalue weighted by atomic mass is 9.94. The summed E-state index contributed by atoms with van der Waals surface area (Å²) in [5.41, 5.74) is -0.674. The number of nitrogens with one attached hydrogen (secondary N) is 1. The van der Waals surface area contributed by atoms with E-state index in [2.05, 4.69) is 10.3 Å². The fourth-order valence-electron chi connectivity index (χ4n) is 1.86. The number of amides is 1. The van der Waals surface area contributed by atoms with Crippen LogP contribution in [0.15, 0.2) is 18.3 Å². The van der Waals surface area contributed by atoms with Gasteiger partial charge < -0.3 is 20.4 Å². The fourth-order valence-corrected chi connectivity index (χ4v) is 1.86. The first-order valence-electron chi connectivity index (χ1n) is 5.35. The van der Waals surface area contributed by atoms with E-state index in [-0.39, 0.29) is 25.6 Å². The summed E-state index contributed by atoms with van der Waals surface area (Å²) in [5, 5.41) is 21.4. The molecule has 2 rings (SSSR count). The molecular weight excluding hydrogens is 222 g/mol. The van der Waals surface area contributed by atoms with Crippen molar-refractivity contribution in [2.24, 2.45) is 0 Å². The highest BCUT2D eigenvalue weighted by molar-refractivity contribution is 5.99. The van der Waals surface area contributed by atoms with Gasteiger partial charge in [0.15, 0.2) is 0 Å². The largest absolute Gasteiger partial charge is 0.393 e. The van der Waals surface area contributed by atoms with Crippen molar-refractivity contribution in [1.29, 1.82) is 0 Å². The van der Waals surface area contributed by atoms with Crippen LogP contribution in [0, 0.1) is 0 Å². The first-order valence-corrected chi connectivity index (χ1v) is 5.35. The second-order valence-electron chi connectivity index (χ2n) is 4.19. The van der Waals surface area contributed by atoms with Gasteiger partial charge >= 0.3 is 0 Å². The van der Waals surface area contributed by atoms with E-state index in [0.717, 1.165) is 0 Å². The van der Waals surface area contributed by atoms with Crippen molar-refractivity contribution in [2.75, 3.05) is 32.1 Å². The van der Waals surface area contributed by atoms with Crippen molar-refractivity contribution in [3.05, 3.63) is 23.9 Å². The minimum Gasteiger partial charge on any atom is -0.393 e. The molecule has 1 fully saturated rings. The summed E-state index contributed by atoms with van der Waals surface area (Å²) < 4.78 is 0. The van der Waals surface area contributed by atoms with E-state index in [1.807, 2.05) is 0 Å². The number of β-amino-alcohol motifs (C(OH)–C–C–N with tert-alkyl or cyclic N) is 1. The highest BCUT2D eigenvalue weighted by atomic mass is 16.3. The van der Waals surface area contributed by atoms with Gasteiger partial charge in [0.2, 0.25) is 0 Å². The van der Waals surface area contributed by atoms with Crippen LogP contribution in [0.3, 0.4) is 0 Å². The molecule has 17 heavy (non-hydrogen) atoms. The van der Waals surface area contributed by atoms with E-state index >= 15 is 0 Å². The van der Waals surface area contributed by atoms with Gasteiger partial charge in [-0.15, -0.1) is 0 Å². The quantitative estimate of drug-likeness (QED) is 0.647. The molecule has 1 saturated heterocycles. The van der Waals surface area contributed by atoms with E-state index in [4.69, 9.17) is 5.11 Å². The van der Waals surface area contributed by atoms with E-state index < -0.39 is 5.60 Å². The van der Waals surface area contributed by atoms with Gasteiger partial charge in [0.25, 0.3) is 5.91 Å². The summed E-state index contributed by atoms with van der Waals surface area (Å²) >= 11 is 0. The Labute approximate surface area is 98.9 Å². The SMILES string of the molecule is CNc1ncccc1C(=O)N1CC(O)(CO)C1. The lowest BCUT2D eigenvalue weighted by Gasteiger charge is -2.45. The van der Waals surface area contributed by atoms with Gasteiger partial charge in [0.1, 0.15) is 11.4 Å². The Bertz CT molecular complexity index is 430. The molecule has 1 aliphatic rings. The van der Waals surface area contributed by atoms with Crippen LogP contribution >= 0.6 is 0 Å². The Hall–Kier alpha value is -1.66. The Kier molecular flexibility index (Phi) is 2.99. The third-order valence-electron chi connectivity index (χ3n) is 2.83. The molecule has 0 aromatic carbocycles. The van der Waals surface area contributed by atoms with Crippen molar-refractivity contribution >= 4 is 11.7 Å². The maximum atomic E-state index is 12.1. The number of aromatic nitrogens is 1. The summed E-state index contributed by atoms with van der Waals surface area (Å²) in [5.74, 6) is 0.317. The molecule has 3 N–H and O–H groups in total. The Morgan fingerprint density at radius 2 is 2.35 bits per heavy atom. The number of aliphatic hydroxyl groups excluding tert-OH is 1. The molecule has 2 heterocycles. The standard InChI is InChI=1S/C11H15N3O3/c1-12-9-8(3-2-4-13-9)10(16)14-5-11(17,6-14)7-15/h2-4,15,17H,5-7H2,1H3,(H,12,13). The molecule has 6 heteroatoms. The van der Waals surface area contributed by atoms with Crippen LogP contribution in [0.25, 0.3) is 0 Å². The number of carbonyl (C=O) groups excluding carboxylic acids is 1. The predicted molar refractivity (Wildman–Crippen MR) is 61.7 cm³/mol. The van der Waals surface area contributed by atoms with Gasteiger partial charge in [-0.2, -0.15) is 0 Å². The zero-order valence-corrected chi connectivity index (χ0v) is 9.55. The van der Waals surface area contributed by atoms with E-state index in [0.29, 0.717) is 11.4 Å². The van der Waals surface area contributed by atoms with Gasteiger partial charge in [0.05, 0.1) is 25.3 Å². The molecule has 0 aliphatic carbocycles. The lowest BCUT2D eigenvalue weighted by Crippen LogP contribution is -2.65. The van der Waals surface area contributed by atoms with Crippen LogP contribution < -0.4 is 5.32 Å². The first kappa shape index (κ1) is 11.8. The first-order chi connectivity index (χ1) is 8.09. The molecule has 0 bridgehead atoms. The van der Waals surface area contributed by atoms with E-state index in [1.54, 1.807) is 25.4 Å². The molecule has 1 aromatic heterocycles. The topological polar surface area (TPSA) is 85.7 Å². The van der Waals surface area contributed by atoms with Crippen LogP contribution in [0.1, 0.15) is 10.4 Å². The molecule has 92 valence electrons. The maximum absolute atomic E-state index is 12.1. The highest BCUT2D eigenvalue weighted by Gasteiger charge is 2.43. The van der Waals surface area contributed by atoms with E-state index in [9.17, 15) is 9.90 Å². The normalized spacial score (nSPS) is 17.5. The summed E-state index contributed by atoms with van der Waals surface area (Å²) in [6.45, 7) is -0.0243. The smallest absolute Gasteiger partial charge is 0.257 e. The summed E-state index contributed by atoms with van der Waals surface area (Å²) in [6.07, 6.45) is 1.60. The number of hydrogen-bond acceptors (Lipinski definition) is 5. The molecule has 1 aliphatic heterocycles. The van der Waals surface area contributed by atoms with E-state index in [1.165, 1.54) is 4.90 Å². The third-order valence-corrected chi connectivity index (χ3v) is 2.83. The predicted octanol–water partition coefficient (Wildman–Crippen LogP) is -0.698. The molecule has 0 spiro atoms. The molecular formula is C11H15N3O3. The van der Waals surface area contributed by atoms with Gasteiger partial charge in [-0.25, -0.2) is 4.98 Å². The molecule has 0 unspecified atom stereocenters. The zero-order valence-electron chi connectivity index (χ0n) is 9.55. The van der Waals surface area contributed by atoms with Crippen LogP contribution in [0.2, 0.25) is 0 Å². The summed E-state index contributed by atoms with van der Waals surface area (Å²) in [4.78, 5) is 17.6. The molecule has 1 aromatic rings. The number of rotatable bonds is 3. The lowest BCUT2D eigenvalue weighted by molar-refractivity contribution is -0.109. The van der Waals surface area contributed by atoms with Crippen LogP contribution in [0.4, 0.5) is 5.82 Å². The maximum Gasteiger partial charge on any atom is 0.257 e. The van der Waals surface area contributed by atoms with Gasteiger partial charge in [-0.05, 0) is 12.1 Å². The van der Waals surface area contributed by atoms with Crippen molar-refractivity contribution in [2.45, 2.75) is 5.60 Å². The van der Waals surface area contributed by atoms with Gasteiger partial charge in [-0.3, -0.25) is 4.79 Å². The van der Waals surface area contributed by atoms with Crippen LogP contribution in [0.5, 0.6) is 0 Å². The Balaban J connectivity index is 2.12. The molecule has 1 amide bonds. The van der Waals surface area contributed by atoms with Gasteiger partial charge in [0, 0.05) is 13.2 Å². The fraction of sp³-hybridized carbons (Fsp3) is 0.455. The van der Waals surface area contributed by atoms with Crippen LogP contribution in [-0.2, 0) is 0 Å². The number of likely N-dealkylation sites (tertiary alicyclic amines) is 1. The van der Waals surface area contributed by atoms with Crippen molar-refractivity contribution in [1.82, 2.24) is 9.88 Å². The van der Waals surface area contributed by atoms with Gasteiger partial charge in [-0.1, -0.05) is 0 Å². The average molecular weight is 237 g/mol. The third kappa shape index (κ3) is 2.09. The Morgan fingerprint density at radius 3 is 2.94 bits per heavy atom. The minimum absolute atomic E-state index is 0.153. The number of pyridine rings is 1. The highest BCUT2D eigenvalue weighted by Crippen LogP contribution is 2.24. The minimum atomic E-state index is -1.14. The number of hydrogen-bond donors (Lipinski definition) is 3. The molecule has 6 nitrogen and oxygen atoms in total. The Morgan fingerprint density at radius 1 is 1.65 bits per heavy atom. The summed E-state index contributed by atoms with van der Waals surface area (Å²) in [6, 6.07) is 3.36. The monoisotopic (exact) mass is 237 g/mol. The molecule has 0 radical (unpaired) electrons. The second-order valence-corrected chi connectivity index (χ2v) is 4.19. The van der Waals surface area contributed by atoms with Crippen molar-refractivity contribution < 1.29 is 15.0 Å². The number of aliphatic hydroxyl groups is 2. The van der Waals surface area contributed by atoms with Crippen molar-refractivity contribution in [3.8, 4) is 0 Å². The number of nitrogens with zero attached hydrogens (tertiary/aromatic N) is 2. The number of carbonyl (C=O) groups is 1. The second kappa shape index (κ2) is 4.31. The molecule has 0 saturated carbocycles. The average Bonchev–Trinajstić information content (AvgIpc) is 2.34. The van der Waals surface area contributed by atoms with Crippen LogP contribution in [-0.4, -0.2) is 58.3 Å². The van der Waals surface area contributed by atoms with Crippen molar-refractivity contribution in [3.63, 3.8) is 0 Å². The zero-order chi connectivity index (χ0) is 12.5. The molecule has 0 atom stereocenters. The number of anilines is 1.